The number of aromatic hydroxyl groups is 1. The average Bonchev–Trinajstić information content (AvgIpc) is 2.92. The van der Waals surface area contributed by atoms with Crippen molar-refractivity contribution in [1.82, 2.24) is 9.62 Å². The highest BCUT2D eigenvalue weighted by atomic mass is 35.5. The van der Waals surface area contributed by atoms with Crippen molar-refractivity contribution in [3.63, 3.8) is 0 Å². The van der Waals surface area contributed by atoms with Crippen molar-refractivity contribution >= 4 is 34.7 Å². The van der Waals surface area contributed by atoms with Crippen LogP contribution in [0.5, 0.6) is 5.75 Å². The van der Waals surface area contributed by atoms with E-state index in [4.69, 9.17) is 11.6 Å². The molecule has 3 rings (SSSR count). The predicted molar refractivity (Wildman–Crippen MR) is 95.0 cm³/mol. The minimum Gasteiger partial charge on any atom is -0.593 e. The maximum atomic E-state index is 13.0. The quantitative estimate of drug-likeness (QED) is 0.407. The fourth-order valence-electron chi connectivity index (χ4n) is 2.88. The van der Waals surface area contributed by atoms with E-state index in [1.165, 1.54) is 12.1 Å². The molecule has 1 saturated heterocycles. The van der Waals surface area contributed by atoms with E-state index in [1.54, 1.807) is 0 Å². The molecule has 26 heavy (non-hydrogen) atoms. The Labute approximate surface area is 157 Å². The first-order valence-electron chi connectivity index (χ1n) is 7.98. The Morgan fingerprint density at radius 1 is 1.46 bits per heavy atom. The van der Waals surface area contributed by atoms with E-state index >= 15 is 0 Å². The summed E-state index contributed by atoms with van der Waals surface area (Å²) in [6, 6.07) is 2.10. The Hall–Kier alpha value is -1.55. The number of nitrogens with zero attached hydrogens (tertiary/aromatic N) is 1. The first kappa shape index (κ1) is 19.2. The number of carbonyl (C=O) groups is 1. The van der Waals surface area contributed by atoms with Crippen LogP contribution >= 0.6 is 11.6 Å². The number of allylic oxidation sites excluding steroid dienone is 1. The molecule has 1 fully saturated rings. The van der Waals surface area contributed by atoms with Gasteiger partial charge < -0.3 is 20.3 Å². The number of phenolic OH excluding ortho intramolecular Hbond substituents is 1. The Kier molecular flexibility index (Phi) is 5.34. The standard InChI is InChI=1S/C16H18ClF2N3O3S/c1-9-3-2-4-11(9)20-15(24)21-12-6-5-10(17)14(13(12)23)26(25)22-7-16(18,19)8-22/h3,5-6,11,23H,2,4,7-8H2,1H3,(H2,20,21,24). The van der Waals surface area contributed by atoms with Gasteiger partial charge >= 0.3 is 6.03 Å². The molecular weight excluding hydrogens is 388 g/mol. The van der Waals surface area contributed by atoms with Crippen LogP contribution in [0.4, 0.5) is 19.3 Å². The number of alkyl halides is 2. The van der Waals surface area contributed by atoms with Crippen LogP contribution in [0, 0.1) is 0 Å². The number of urea groups is 1. The van der Waals surface area contributed by atoms with Crippen LogP contribution in [0.25, 0.3) is 0 Å². The van der Waals surface area contributed by atoms with Gasteiger partial charge in [0.25, 0.3) is 5.92 Å². The molecule has 1 heterocycles. The molecular formula is C16H18ClF2N3O3S. The van der Waals surface area contributed by atoms with E-state index in [-0.39, 0.29) is 21.6 Å². The van der Waals surface area contributed by atoms with E-state index < -0.39 is 42.2 Å². The lowest BCUT2D eigenvalue weighted by molar-refractivity contribution is -0.0945. The van der Waals surface area contributed by atoms with Crippen molar-refractivity contribution in [2.24, 2.45) is 0 Å². The minimum atomic E-state index is -2.90. The van der Waals surface area contributed by atoms with Crippen LogP contribution in [0.1, 0.15) is 19.8 Å². The van der Waals surface area contributed by atoms with Gasteiger partial charge in [0, 0.05) is 0 Å². The molecule has 0 aromatic heterocycles. The van der Waals surface area contributed by atoms with Crippen molar-refractivity contribution < 1.29 is 23.2 Å². The SMILES string of the molecule is CC1=CCCC1NC(=O)Nc1ccc(Cl)c([S+]([O-])N2CC(F)(F)C2)c1O. The van der Waals surface area contributed by atoms with Crippen molar-refractivity contribution in [3.05, 3.63) is 28.8 Å². The fourth-order valence-corrected chi connectivity index (χ4v) is 4.61. The molecule has 2 amide bonds. The van der Waals surface area contributed by atoms with Gasteiger partial charge in [-0.2, -0.15) is 0 Å². The van der Waals surface area contributed by atoms with E-state index in [1.807, 2.05) is 13.0 Å². The molecule has 1 aliphatic heterocycles. The number of nitrogens with one attached hydrogen (secondary N) is 2. The van der Waals surface area contributed by atoms with Crippen LogP contribution < -0.4 is 10.6 Å². The van der Waals surface area contributed by atoms with Gasteiger partial charge in [-0.15, -0.1) is 4.31 Å². The number of carbonyl (C=O) groups excluding carboxylic acids is 1. The molecule has 0 radical (unpaired) electrons. The van der Waals surface area contributed by atoms with E-state index in [0.29, 0.717) is 0 Å². The molecule has 2 unspecified atom stereocenters. The number of hydrogen-bond acceptors (Lipinski definition) is 4. The monoisotopic (exact) mass is 405 g/mol. The Morgan fingerprint density at radius 3 is 2.73 bits per heavy atom. The van der Waals surface area contributed by atoms with Crippen molar-refractivity contribution in [3.8, 4) is 5.75 Å². The topological polar surface area (TPSA) is 87.7 Å². The van der Waals surface area contributed by atoms with Crippen molar-refractivity contribution in [2.75, 3.05) is 18.4 Å². The third-order valence-corrected chi connectivity index (χ3v) is 6.25. The van der Waals surface area contributed by atoms with Crippen molar-refractivity contribution in [1.29, 1.82) is 0 Å². The number of anilines is 1. The van der Waals surface area contributed by atoms with Gasteiger partial charge in [-0.3, -0.25) is 0 Å². The molecule has 142 valence electrons. The third kappa shape index (κ3) is 3.90. The number of benzene rings is 1. The zero-order valence-corrected chi connectivity index (χ0v) is 15.5. The lowest BCUT2D eigenvalue weighted by Crippen LogP contribution is -2.58. The number of rotatable bonds is 4. The summed E-state index contributed by atoms with van der Waals surface area (Å²) in [6.07, 6.45) is 3.71. The second kappa shape index (κ2) is 7.22. The van der Waals surface area contributed by atoms with Gasteiger partial charge in [0.15, 0.2) is 5.75 Å². The van der Waals surface area contributed by atoms with Crippen LogP contribution in [-0.2, 0) is 11.4 Å². The summed E-state index contributed by atoms with van der Waals surface area (Å²) >= 11 is 3.93. The predicted octanol–water partition coefficient (Wildman–Crippen LogP) is 3.25. The van der Waals surface area contributed by atoms with Gasteiger partial charge in [-0.1, -0.05) is 23.3 Å². The first-order chi connectivity index (χ1) is 12.2. The molecule has 0 saturated carbocycles. The largest absolute Gasteiger partial charge is 0.593 e. The van der Waals surface area contributed by atoms with E-state index in [2.05, 4.69) is 10.6 Å². The number of phenols is 1. The summed E-state index contributed by atoms with van der Waals surface area (Å²) < 4.78 is 39.4. The second-order valence-corrected chi connectivity index (χ2v) is 8.18. The lowest BCUT2D eigenvalue weighted by atomic mass is 10.2. The van der Waals surface area contributed by atoms with E-state index in [9.17, 15) is 23.2 Å². The summed E-state index contributed by atoms with van der Waals surface area (Å²) in [4.78, 5) is 11.9. The minimum absolute atomic E-state index is 0.00200. The molecule has 1 aromatic rings. The third-order valence-electron chi connectivity index (χ3n) is 4.33. The summed E-state index contributed by atoms with van der Waals surface area (Å²) in [7, 11) is 0. The Balaban J connectivity index is 1.72. The fraction of sp³-hybridized carbons (Fsp3) is 0.438. The maximum absolute atomic E-state index is 13.0. The number of amides is 2. The summed E-state index contributed by atoms with van der Waals surface area (Å²) in [5, 5.41) is 15.6. The van der Waals surface area contributed by atoms with E-state index in [0.717, 1.165) is 22.7 Å². The molecule has 3 N–H and O–H groups in total. The molecule has 2 atom stereocenters. The van der Waals surface area contributed by atoms with Crippen LogP contribution in [0.15, 0.2) is 28.7 Å². The van der Waals surface area contributed by atoms with Gasteiger partial charge in [0.1, 0.15) is 18.1 Å². The molecule has 1 aromatic carbocycles. The smallest absolute Gasteiger partial charge is 0.319 e. The normalized spacial score (nSPS) is 23.1. The number of halogens is 3. The average molecular weight is 406 g/mol. The second-order valence-electron chi connectivity index (χ2n) is 6.35. The first-order valence-corrected chi connectivity index (χ1v) is 9.47. The van der Waals surface area contributed by atoms with Crippen LogP contribution in [-0.4, -0.2) is 45.0 Å². The molecule has 0 bridgehead atoms. The molecule has 6 nitrogen and oxygen atoms in total. The zero-order chi connectivity index (χ0) is 19.1. The lowest BCUT2D eigenvalue weighted by Gasteiger charge is -2.37. The van der Waals surface area contributed by atoms with Gasteiger partial charge in [0.2, 0.25) is 4.90 Å². The molecule has 10 heteroatoms. The highest BCUT2D eigenvalue weighted by Crippen LogP contribution is 2.41. The van der Waals surface area contributed by atoms with Crippen molar-refractivity contribution in [2.45, 2.75) is 36.6 Å². The van der Waals surface area contributed by atoms with Gasteiger partial charge in [0.05, 0.1) is 23.1 Å². The molecule has 0 spiro atoms. The van der Waals surface area contributed by atoms with Crippen LogP contribution in [0.2, 0.25) is 5.02 Å². The molecule has 1 aliphatic carbocycles. The highest BCUT2D eigenvalue weighted by Gasteiger charge is 2.51. The zero-order valence-electron chi connectivity index (χ0n) is 13.9. The summed E-state index contributed by atoms with van der Waals surface area (Å²) in [5.74, 6) is -3.40. The maximum Gasteiger partial charge on any atom is 0.319 e. The summed E-state index contributed by atoms with van der Waals surface area (Å²) in [5.41, 5.74) is 1.06. The number of hydrogen-bond donors (Lipinski definition) is 3. The van der Waals surface area contributed by atoms with Crippen LogP contribution in [0.3, 0.4) is 0 Å². The highest BCUT2D eigenvalue weighted by molar-refractivity contribution is 7.89. The van der Waals surface area contributed by atoms with Gasteiger partial charge in [-0.25, -0.2) is 13.6 Å². The van der Waals surface area contributed by atoms with Gasteiger partial charge in [-0.05, 0) is 31.9 Å². The Bertz CT molecular complexity index is 755. The Morgan fingerprint density at radius 2 is 2.15 bits per heavy atom. The summed E-state index contributed by atoms with van der Waals surface area (Å²) in [6.45, 7) is 0.559. The molecule has 2 aliphatic rings.